The Morgan fingerprint density at radius 1 is 1.42 bits per heavy atom. The van der Waals surface area contributed by atoms with Crippen LogP contribution in [0.15, 0.2) is 18.2 Å². The highest BCUT2D eigenvalue weighted by atomic mass is 35.5. The lowest BCUT2D eigenvalue weighted by Gasteiger charge is -2.29. The van der Waals surface area contributed by atoms with Crippen molar-refractivity contribution in [1.82, 2.24) is 5.32 Å². The highest BCUT2D eigenvalue weighted by Crippen LogP contribution is 2.20. The molecule has 1 aromatic rings. The minimum Gasteiger partial charge on any atom is -0.494 e. The second kappa shape index (κ2) is 6.96. The number of benzene rings is 1. The summed E-state index contributed by atoms with van der Waals surface area (Å²) in [7, 11) is 1.36. The van der Waals surface area contributed by atoms with Gasteiger partial charge in [0.05, 0.1) is 12.6 Å². The van der Waals surface area contributed by atoms with Crippen molar-refractivity contribution in [3.05, 3.63) is 29.6 Å². The van der Waals surface area contributed by atoms with E-state index in [9.17, 15) is 9.18 Å². The molecule has 0 unspecified atom stereocenters. The molecule has 0 radical (unpaired) electrons. The molecule has 0 aromatic heterocycles. The van der Waals surface area contributed by atoms with Crippen molar-refractivity contribution in [2.45, 2.75) is 18.9 Å². The van der Waals surface area contributed by atoms with Crippen LogP contribution >= 0.6 is 23.2 Å². The largest absolute Gasteiger partial charge is 0.494 e. The number of rotatable bonds is 6. The predicted octanol–water partition coefficient (Wildman–Crippen LogP) is 3.19. The maximum absolute atomic E-state index is 13.5. The second-order valence-corrected chi connectivity index (χ2v) is 4.74. The molecule has 0 saturated heterocycles. The smallest absolute Gasteiger partial charge is 0.251 e. The summed E-state index contributed by atoms with van der Waals surface area (Å²) >= 11 is 11.7. The van der Waals surface area contributed by atoms with Crippen LogP contribution in [0.3, 0.4) is 0 Å². The molecule has 1 rings (SSSR count). The fourth-order valence-electron chi connectivity index (χ4n) is 1.50. The summed E-state index contributed by atoms with van der Waals surface area (Å²) in [6.45, 7) is 1.87. The number of alkyl halides is 2. The van der Waals surface area contributed by atoms with Gasteiger partial charge in [0, 0.05) is 17.3 Å². The Bertz CT molecular complexity index is 442. The van der Waals surface area contributed by atoms with E-state index >= 15 is 0 Å². The number of halogens is 3. The van der Waals surface area contributed by atoms with Crippen LogP contribution in [0.25, 0.3) is 0 Å². The third-order valence-corrected chi connectivity index (χ3v) is 4.00. The van der Waals surface area contributed by atoms with Crippen molar-refractivity contribution >= 4 is 29.1 Å². The molecule has 6 heteroatoms. The van der Waals surface area contributed by atoms with E-state index < -0.39 is 17.3 Å². The summed E-state index contributed by atoms with van der Waals surface area (Å²) in [5, 5.41) is 2.75. The standard InChI is InChI=1S/C13H16Cl2FNO2/c1-3-13(7-14,8-15)17-12(18)9-4-5-11(19-2)10(16)6-9/h4-6H,3,7-8H2,1-2H3,(H,17,18). The van der Waals surface area contributed by atoms with E-state index in [0.717, 1.165) is 6.07 Å². The van der Waals surface area contributed by atoms with Crippen molar-refractivity contribution < 1.29 is 13.9 Å². The van der Waals surface area contributed by atoms with Crippen LogP contribution in [-0.2, 0) is 0 Å². The molecule has 0 aliphatic rings. The number of nitrogens with one attached hydrogen (secondary N) is 1. The Balaban J connectivity index is 2.92. The van der Waals surface area contributed by atoms with Gasteiger partial charge in [-0.3, -0.25) is 4.79 Å². The molecule has 1 amide bonds. The van der Waals surface area contributed by atoms with Crippen LogP contribution in [-0.4, -0.2) is 30.3 Å². The maximum atomic E-state index is 13.5. The molecule has 106 valence electrons. The molecule has 0 bridgehead atoms. The Hall–Kier alpha value is -1.00. The highest BCUT2D eigenvalue weighted by Gasteiger charge is 2.28. The monoisotopic (exact) mass is 307 g/mol. The van der Waals surface area contributed by atoms with Gasteiger partial charge in [0.15, 0.2) is 11.6 Å². The lowest BCUT2D eigenvalue weighted by atomic mass is 10.0. The van der Waals surface area contributed by atoms with Gasteiger partial charge in [-0.2, -0.15) is 0 Å². The maximum Gasteiger partial charge on any atom is 0.251 e. The van der Waals surface area contributed by atoms with E-state index in [4.69, 9.17) is 27.9 Å². The van der Waals surface area contributed by atoms with E-state index in [1.54, 1.807) is 0 Å². The minimum absolute atomic E-state index is 0.0907. The summed E-state index contributed by atoms with van der Waals surface area (Å²) in [5.74, 6) is -0.527. The number of methoxy groups -OCH3 is 1. The van der Waals surface area contributed by atoms with Crippen LogP contribution in [0, 0.1) is 5.82 Å². The van der Waals surface area contributed by atoms with E-state index in [0.29, 0.717) is 6.42 Å². The number of ether oxygens (including phenoxy) is 1. The van der Waals surface area contributed by atoms with E-state index in [-0.39, 0.29) is 23.1 Å². The molecule has 19 heavy (non-hydrogen) atoms. The number of amides is 1. The van der Waals surface area contributed by atoms with Gasteiger partial charge in [-0.25, -0.2) is 4.39 Å². The van der Waals surface area contributed by atoms with Crippen LogP contribution in [0.4, 0.5) is 4.39 Å². The van der Waals surface area contributed by atoms with Gasteiger partial charge in [0.1, 0.15) is 0 Å². The molecule has 1 N–H and O–H groups in total. The SMILES string of the molecule is CCC(CCl)(CCl)NC(=O)c1ccc(OC)c(F)c1. The summed E-state index contributed by atoms with van der Waals surface area (Å²) in [6.07, 6.45) is 0.588. The average Bonchev–Trinajstić information content (AvgIpc) is 2.44. The van der Waals surface area contributed by atoms with E-state index in [1.807, 2.05) is 6.92 Å². The fourth-order valence-corrected chi connectivity index (χ4v) is 2.30. The number of carbonyl (C=O) groups excluding carboxylic acids is 1. The lowest BCUT2D eigenvalue weighted by Crippen LogP contribution is -2.51. The first-order valence-electron chi connectivity index (χ1n) is 5.80. The van der Waals surface area contributed by atoms with E-state index in [1.165, 1.54) is 19.2 Å². The molecule has 0 aliphatic carbocycles. The second-order valence-electron chi connectivity index (χ2n) is 4.20. The topological polar surface area (TPSA) is 38.3 Å². The summed E-state index contributed by atoms with van der Waals surface area (Å²) in [4.78, 5) is 12.1. The van der Waals surface area contributed by atoms with Gasteiger partial charge in [-0.15, -0.1) is 23.2 Å². The third kappa shape index (κ3) is 3.74. The van der Waals surface area contributed by atoms with Crippen molar-refractivity contribution in [3.8, 4) is 5.75 Å². The average molecular weight is 308 g/mol. The number of carbonyl (C=O) groups is 1. The molecule has 0 heterocycles. The normalized spacial score (nSPS) is 11.2. The van der Waals surface area contributed by atoms with Crippen molar-refractivity contribution in [1.29, 1.82) is 0 Å². The zero-order valence-electron chi connectivity index (χ0n) is 10.8. The van der Waals surface area contributed by atoms with Crippen molar-refractivity contribution in [3.63, 3.8) is 0 Å². The first-order valence-corrected chi connectivity index (χ1v) is 6.86. The van der Waals surface area contributed by atoms with Gasteiger partial charge in [-0.1, -0.05) is 6.92 Å². The molecule has 0 fully saturated rings. The van der Waals surface area contributed by atoms with Gasteiger partial charge in [0.2, 0.25) is 0 Å². The Morgan fingerprint density at radius 3 is 2.47 bits per heavy atom. The lowest BCUT2D eigenvalue weighted by molar-refractivity contribution is 0.0913. The van der Waals surface area contributed by atoms with Crippen molar-refractivity contribution in [2.75, 3.05) is 18.9 Å². The highest BCUT2D eigenvalue weighted by molar-refractivity contribution is 6.22. The van der Waals surface area contributed by atoms with Crippen LogP contribution in [0.2, 0.25) is 0 Å². The zero-order valence-corrected chi connectivity index (χ0v) is 12.3. The Morgan fingerprint density at radius 2 is 2.05 bits per heavy atom. The zero-order chi connectivity index (χ0) is 14.5. The van der Waals surface area contributed by atoms with Gasteiger partial charge >= 0.3 is 0 Å². The molecular weight excluding hydrogens is 292 g/mol. The summed E-state index contributed by atoms with van der Waals surface area (Å²) in [5.41, 5.74) is -0.484. The van der Waals surface area contributed by atoms with Gasteiger partial charge < -0.3 is 10.1 Å². The summed E-state index contributed by atoms with van der Waals surface area (Å²) in [6, 6.07) is 4.01. The molecule has 0 saturated carbocycles. The first kappa shape index (κ1) is 16.1. The molecule has 0 spiro atoms. The number of hydrogen-bond donors (Lipinski definition) is 1. The fraction of sp³-hybridized carbons (Fsp3) is 0.462. The third-order valence-electron chi connectivity index (χ3n) is 2.98. The van der Waals surface area contributed by atoms with Gasteiger partial charge in [0.25, 0.3) is 5.91 Å². The first-order chi connectivity index (χ1) is 9.01. The van der Waals surface area contributed by atoms with Gasteiger partial charge in [-0.05, 0) is 24.6 Å². The van der Waals surface area contributed by atoms with Crippen LogP contribution in [0.5, 0.6) is 5.75 Å². The molecular formula is C13H16Cl2FNO2. The van der Waals surface area contributed by atoms with E-state index in [2.05, 4.69) is 5.32 Å². The minimum atomic E-state index is -0.684. The Labute approximate surface area is 122 Å². The number of hydrogen-bond acceptors (Lipinski definition) is 2. The van der Waals surface area contributed by atoms with Crippen LogP contribution < -0.4 is 10.1 Å². The molecule has 1 aromatic carbocycles. The molecule has 0 aliphatic heterocycles. The molecule has 3 nitrogen and oxygen atoms in total. The quantitative estimate of drug-likeness (QED) is 0.820. The van der Waals surface area contributed by atoms with Crippen LogP contribution in [0.1, 0.15) is 23.7 Å². The van der Waals surface area contributed by atoms with Crippen molar-refractivity contribution in [2.24, 2.45) is 0 Å². The Kier molecular flexibility index (Phi) is 5.88. The summed E-state index contributed by atoms with van der Waals surface area (Å²) < 4.78 is 18.3. The predicted molar refractivity (Wildman–Crippen MR) is 74.9 cm³/mol. The molecule has 0 atom stereocenters.